The summed E-state index contributed by atoms with van der Waals surface area (Å²) in [7, 11) is 3.40. The van der Waals surface area contributed by atoms with Gasteiger partial charge in [-0.3, -0.25) is 4.68 Å². The van der Waals surface area contributed by atoms with Gasteiger partial charge in [-0.2, -0.15) is 5.10 Å². The molecule has 5 heteroatoms. The molecule has 1 aromatic heterocycles. The largest absolute Gasteiger partial charge is 0.496 e. The van der Waals surface area contributed by atoms with E-state index in [2.05, 4.69) is 28.9 Å². The average Bonchev–Trinajstić information content (AvgIpc) is 3.02. The number of aryl methyl sites for hydroxylation is 1. The van der Waals surface area contributed by atoms with Gasteiger partial charge in [0.1, 0.15) is 11.5 Å². The van der Waals surface area contributed by atoms with Crippen LogP contribution in [0.2, 0.25) is 0 Å². The molecule has 1 aliphatic carbocycles. The number of benzene rings is 1. The Morgan fingerprint density at radius 2 is 1.96 bits per heavy atom. The Hall–Kier alpha value is -2.01. The number of methoxy groups -OCH3 is 2. The van der Waals surface area contributed by atoms with Crippen molar-refractivity contribution >= 4 is 0 Å². The summed E-state index contributed by atoms with van der Waals surface area (Å²) in [6, 6.07) is 6.76. The number of nitrogens with one attached hydrogen (secondary N) is 1. The van der Waals surface area contributed by atoms with Gasteiger partial charge in [0.05, 0.1) is 20.4 Å². The summed E-state index contributed by atoms with van der Waals surface area (Å²) >= 11 is 0. The van der Waals surface area contributed by atoms with Crippen LogP contribution in [0.15, 0.2) is 24.4 Å². The minimum absolute atomic E-state index is 0.404. The second-order valence-electron chi connectivity index (χ2n) is 6.62. The van der Waals surface area contributed by atoms with E-state index in [0.29, 0.717) is 12.1 Å². The lowest BCUT2D eigenvalue weighted by Crippen LogP contribution is -2.35. The van der Waals surface area contributed by atoms with E-state index in [1.807, 2.05) is 24.4 Å². The van der Waals surface area contributed by atoms with Gasteiger partial charge in [-0.05, 0) is 44.4 Å². The van der Waals surface area contributed by atoms with E-state index in [1.165, 1.54) is 11.3 Å². The molecule has 0 saturated heterocycles. The van der Waals surface area contributed by atoms with Crippen LogP contribution < -0.4 is 14.8 Å². The number of hydrogen-bond donors (Lipinski definition) is 1. The molecule has 1 aromatic carbocycles. The van der Waals surface area contributed by atoms with Gasteiger partial charge in [-0.1, -0.05) is 6.07 Å². The lowest BCUT2D eigenvalue weighted by Gasteiger charge is -2.26. The lowest BCUT2D eigenvalue weighted by molar-refractivity contribution is 0.373. The Bertz CT molecular complexity index is 672. The Kier molecular flexibility index (Phi) is 5.09. The topological polar surface area (TPSA) is 48.3 Å². The summed E-state index contributed by atoms with van der Waals surface area (Å²) in [6.45, 7) is 5.11. The maximum absolute atomic E-state index is 5.49. The van der Waals surface area contributed by atoms with Crippen molar-refractivity contribution in [3.8, 4) is 11.5 Å². The predicted octanol–water partition coefficient (Wildman–Crippen LogP) is 3.13. The maximum atomic E-state index is 5.49. The number of hydrogen-bond acceptors (Lipinski definition) is 4. The third-order valence-electron chi connectivity index (χ3n) is 4.77. The summed E-state index contributed by atoms with van der Waals surface area (Å²) in [5.41, 5.74) is 3.85. The van der Waals surface area contributed by atoms with Gasteiger partial charge >= 0.3 is 0 Å². The minimum atomic E-state index is 0.404. The fourth-order valence-corrected chi connectivity index (χ4v) is 3.49. The van der Waals surface area contributed by atoms with Crippen LogP contribution in [0.1, 0.15) is 43.1 Å². The average molecular weight is 329 g/mol. The van der Waals surface area contributed by atoms with Crippen LogP contribution in [-0.4, -0.2) is 30.0 Å². The first kappa shape index (κ1) is 16.8. The van der Waals surface area contributed by atoms with E-state index in [9.17, 15) is 0 Å². The first-order valence-corrected chi connectivity index (χ1v) is 8.62. The molecule has 0 amide bonds. The van der Waals surface area contributed by atoms with Crippen LogP contribution in [0.3, 0.4) is 0 Å². The summed E-state index contributed by atoms with van der Waals surface area (Å²) < 4.78 is 13.1. The molecule has 1 unspecified atom stereocenters. The van der Waals surface area contributed by atoms with E-state index < -0.39 is 0 Å². The van der Waals surface area contributed by atoms with Crippen LogP contribution in [-0.2, 0) is 19.4 Å². The number of rotatable bonds is 6. The Labute approximate surface area is 144 Å². The van der Waals surface area contributed by atoms with Crippen LogP contribution >= 0.6 is 0 Å². The van der Waals surface area contributed by atoms with Crippen LogP contribution in [0, 0.1) is 0 Å². The fourth-order valence-electron chi connectivity index (χ4n) is 3.49. The summed E-state index contributed by atoms with van der Waals surface area (Å²) in [4.78, 5) is 0. The van der Waals surface area contributed by atoms with E-state index in [1.54, 1.807) is 14.2 Å². The fraction of sp³-hybridized carbons (Fsp3) is 0.526. The molecular weight excluding hydrogens is 302 g/mol. The summed E-state index contributed by atoms with van der Waals surface area (Å²) in [5.74, 6) is 1.73. The minimum Gasteiger partial charge on any atom is -0.496 e. The molecule has 0 spiro atoms. The zero-order valence-electron chi connectivity index (χ0n) is 15.0. The van der Waals surface area contributed by atoms with Crippen molar-refractivity contribution in [2.45, 2.75) is 51.7 Å². The molecule has 1 N–H and O–H groups in total. The predicted molar refractivity (Wildman–Crippen MR) is 94.8 cm³/mol. The number of ether oxygens (including phenoxy) is 2. The van der Waals surface area contributed by atoms with Crippen molar-refractivity contribution in [2.75, 3.05) is 14.2 Å². The summed E-state index contributed by atoms with van der Waals surface area (Å²) in [6.07, 6.45) is 5.27. The molecule has 5 nitrogen and oxygen atoms in total. The second-order valence-corrected chi connectivity index (χ2v) is 6.62. The smallest absolute Gasteiger partial charge is 0.127 e. The number of aromatic nitrogens is 2. The van der Waals surface area contributed by atoms with Gasteiger partial charge < -0.3 is 14.8 Å². The molecular formula is C19H27N3O2. The first-order chi connectivity index (χ1) is 11.6. The van der Waals surface area contributed by atoms with Crippen LogP contribution in [0.4, 0.5) is 0 Å². The molecule has 2 aromatic rings. The van der Waals surface area contributed by atoms with Gasteiger partial charge in [-0.25, -0.2) is 0 Å². The highest BCUT2D eigenvalue weighted by Crippen LogP contribution is 2.29. The molecule has 24 heavy (non-hydrogen) atoms. The normalized spacial score (nSPS) is 17.0. The Balaban J connectivity index is 1.71. The van der Waals surface area contributed by atoms with E-state index >= 15 is 0 Å². The van der Waals surface area contributed by atoms with Crippen molar-refractivity contribution in [1.82, 2.24) is 15.1 Å². The molecule has 0 fully saturated rings. The molecule has 0 saturated carbocycles. The monoisotopic (exact) mass is 329 g/mol. The van der Waals surface area contributed by atoms with Crippen LogP contribution in [0.25, 0.3) is 0 Å². The molecule has 0 aliphatic heterocycles. The Morgan fingerprint density at radius 1 is 1.25 bits per heavy atom. The molecule has 1 heterocycles. The van der Waals surface area contributed by atoms with Gasteiger partial charge in [0.2, 0.25) is 0 Å². The second kappa shape index (κ2) is 7.26. The third kappa shape index (κ3) is 3.26. The van der Waals surface area contributed by atoms with E-state index in [0.717, 1.165) is 42.9 Å². The van der Waals surface area contributed by atoms with Gasteiger partial charge in [-0.15, -0.1) is 0 Å². The van der Waals surface area contributed by atoms with Gasteiger partial charge in [0.15, 0.2) is 0 Å². The Morgan fingerprint density at radius 3 is 2.58 bits per heavy atom. The van der Waals surface area contributed by atoms with E-state index in [4.69, 9.17) is 9.47 Å². The van der Waals surface area contributed by atoms with E-state index in [-0.39, 0.29) is 0 Å². The van der Waals surface area contributed by atoms with Crippen molar-refractivity contribution in [3.05, 3.63) is 41.2 Å². The SMILES string of the molecule is COc1cccc(OC)c1CNC1CCc2cnn(C(C)C)c2C1. The zero-order chi connectivity index (χ0) is 17.1. The quantitative estimate of drug-likeness (QED) is 0.884. The molecule has 0 radical (unpaired) electrons. The molecule has 1 atom stereocenters. The van der Waals surface area contributed by atoms with Crippen molar-refractivity contribution in [2.24, 2.45) is 0 Å². The van der Waals surface area contributed by atoms with Crippen molar-refractivity contribution in [1.29, 1.82) is 0 Å². The van der Waals surface area contributed by atoms with Gasteiger partial charge in [0.25, 0.3) is 0 Å². The number of fused-ring (bicyclic) bond motifs is 1. The highest BCUT2D eigenvalue weighted by atomic mass is 16.5. The molecule has 3 rings (SSSR count). The molecule has 0 bridgehead atoms. The standard InChI is InChI=1S/C19H27N3O2/c1-13(2)22-17-10-15(9-8-14(17)11-21-22)20-12-16-18(23-3)6-5-7-19(16)24-4/h5-7,11,13,15,20H,8-10,12H2,1-4H3. The van der Waals surface area contributed by atoms with Gasteiger partial charge in [0, 0.05) is 36.3 Å². The van der Waals surface area contributed by atoms with Crippen LogP contribution in [0.5, 0.6) is 11.5 Å². The molecule has 130 valence electrons. The number of nitrogens with zero attached hydrogens (tertiary/aromatic N) is 2. The highest BCUT2D eigenvalue weighted by Gasteiger charge is 2.23. The highest BCUT2D eigenvalue weighted by molar-refractivity contribution is 5.44. The first-order valence-electron chi connectivity index (χ1n) is 8.62. The molecule has 1 aliphatic rings. The maximum Gasteiger partial charge on any atom is 0.127 e. The van der Waals surface area contributed by atoms with Crippen molar-refractivity contribution < 1.29 is 9.47 Å². The zero-order valence-corrected chi connectivity index (χ0v) is 15.0. The lowest BCUT2D eigenvalue weighted by atomic mass is 9.93. The summed E-state index contributed by atoms with van der Waals surface area (Å²) in [5, 5.41) is 8.24. The van der Waals surface area contributed by atoms with Crippen molar-refractivity contribution in [3.63, 3.8) is 0 Å². The third-order valence-corrected chi connectivity index (χ3v) is 4.77.